The zero-order valence-corrected chi connectivity index (χ0v) is 16.3. The van der Waals surface area contributed by atoms with Crippen LogP contribution in [-0.2, 0) is 20.9 Å². The fraction of sp³-hybridized carbons (Fsp3) is 0.348. The lowest BCUT2D eigenvalue weighted by Crippen LogP contribution is -2.55. The van der Waals surface area contributed by atoms with Gasteiger partial charge in [-0.2, -0.15) is 0 Å². The highest BCUT2D eigenvalue weighted by atomic mass is 16.5. The second kappa shape index (κ2) is 7.70. The summed E-state index contributed by atoms with van der Waals surface area (Å²) in [6.07, 6.45) is 3.87. The van der Waals surface area contributed by atoms with Crippen LogP contribution in [0, 0.1) is 0 Å². The van der Waals surface area contributed by atoms with E-state index in [9.17, 15) is 14.4 Å². The Morgan fingerprint density at radius 3 is 2.62 bits per heavy atom. The molecule has 0 radical (unpaired) electrons. The van der Waals surface area contributed by atoms with E-state index in [2.05, 4.69) is 5.32 Å². The van der Waals surface area contributed by atoms with Gasteiger partial charge in [-0.3, -0.25) is 4.79 Å². The fourth-order valence-electron chi connectivity index (χ4n) is 4.29. The first-order valence-electron chi connectivity index (χ1n) is 9.89. The quantitative estimate of drug-likeness (QED) is 0.414. The number of rotatable bonds is 4. The molecule has 0 unspecified atom stereocenters. The molecule has 29 heavy (non-hydrogen) atoms. The first-order valence-corrected chi connectivity index (χ1v) is 9.89. The molecule has 6 nitrogen and oxygen atoms in total. The molecule has 1 heterocycles. The first-order chi connectivity index (χ1) is 14.0. The predicted octanol–water partition coefficient (Wildman–Crippen LogP) is 3.83. The van der Waals surface area contributed by atoms with E-state index in [1.165, 1.54) is 13.0 Å². The van der Waals surface area contributed by atoms with Crippen LogP contribution in [-0.4, -0.2) is 17.4 Å². The van der Waals surface area contributed by atoms with Crippen molar-refractivity contribution in [3.05, 3.63) is 58.4 Å². The molecular formula is C23H23NO5. The minimum Gasteiger partial charge on any atom is -0.459 e. The summed E-state index contributed by atoms with van der Waals surface area (Å²) in [7, 11) is 0. The number of nitrogens with one attached hydrogen (secondary N) is 1. The van der Waals surface area contributed by atoms with Crippen LogP contribution in [0.5, 0.6) is 0 Å². The Balaban J connectivity index is 1.69. The second-order valence-electron chi connectivity index (χ2n) is 7.65. The molecule has 150 valence electrons. The third-order valence-electron chi connectivity index (χ3n) is 5.59. The van der Waals surface area contributed by atoms with Crippen LogP contribution in [0.3, 0.4) is 0 Å². The molecule has 0 aliphatic heterocycles. The molecule has 3 aromatic rings. The molecule has 1 aromatic heterocycles. The van der Waals surface area contributed by atoms with Gasteiger partial charge in [0.1, 0.15) is 17.7 Å². The van der Waals surface area contributed by atoms with E-state index >= 15 is 0 Å². The van der Waals surface area contributed by atoms with Crippen molar-refractivity contribution >= 4 is 33.6 Å². The number of benzene rings is 2. The molecule has 2 aromatic carbocycles. The maximum atomic E-state index is 13.0. The summed E-state index contributed by atoms with van der Waals surface area (Å²) in [5.74, 6) is -0.699. The highest BCUT2D eigenvalue weighted by molar-refractivity contribution is 6.07. The molecule has 1 amide bonds. The zero-order valence-electron chi connectivity index (χ0n) is 16.3. The van der Waals surface area contributed by atoms with E-state index in [0.717, 1.165) is 35.4 Å². The van der Waals surface area contributed by atoms with Crippen LogP contribution in [0.2, 0.25) is 0 Å². The average molecular weight is 393 g/mol. The minimum atomic E-state index is -0.985. The standard InChI is InChI=1S/C23H23NO5/c1-15(25)24-23(11-5-2-6-12-23)22(27)28-14-17-13-20(26)29-19-10-9-16-7-3-4-8-18(16)21(17)19/h3-4,7-10,13H,2,5-6,11-12,14H2,1H3,(H,24,25). The summed E-state index contributed by atoms with van der Waals surface area (Å²) in [6.45, 7) is 1.35. The van der Waals surface area contributed by atoms with Gasteiger partial charge in [-0.15, -0.1) is 0 Å². The molecule has 1 saturated carbocycles. The average Bonchev–Trinajstić information content (AvgIpc) is 2.71. The van der Waals surface area contributed by atoms with Gasteiger partial charge in [0, 0.05) is 23.9 Å². The number of carbonyl (C=O) groups excluding carboxylic acids is 2. The first kappa shape index (κ1) is 19.2. The fourth-order valence-corrected chi connectivity index (χ4v) is 4.29. The summed E-state index contributed by atoms with van der Waals surface area (Å²) < 4.78 is 11.0. The number of esters is 1. The Morgan fingerprint density at radius 2 is 1.86 bits per heavy atom. The number of fused-ring (bicyclic) bond motifs is 3. The van der Waals surface area contributed by atoms with Gasteiger partial charge in [0.05, 0.1) is 0 Å². The van der Waals surface area contributed by atoms with E-state index in [4.69, 9.17) is 9.15 Å². The number of ether oxygens (including phenoxy) is 1. The van der Waals surface area contributed by atoms with Crippen LogP contribution in [0.4, 0.5) is 0 Å². The van der Waals surface area contributed by atoms with Crippen molar-refractivity contribution < 1.29 is 18.7 Å². The third-order valence-corrected chi connectivity index (χ3v) is 5.59. The molecule has 0 bridgehead atoms. The molecule has 4 rings (SSSR count). The topological polar surface area (TPSA) is 85.6 Å². The molecular weight excluding hydrogens is 370 g/mol. The molecule has 0 atom stereocenters. The third kappa shape index (κ3) is 3.75. The van der Waals surface area contributed by atoms with Crippen molar-refractivity contribution in [2.24, 2.45) is 0 Å². The van der Waals surface area contributed by atoms with Gasteiger partial charge in [-0.05, 0) is 29.7 Å². The summed E-state index contributed by atoms with van der Waals surface area (Å²) in [4.78, 5) is 36.7. The van der Waals surface area contributed by atoms with Crippen LogP contribution in [0.1, 0.15) is 44.6 Å². The highest BCUT2D eigenvalue weighted by Gasteiger charge is 2.41. The molecule has 1 fully saturated rings. The Bertz CT molecular complexity index is 1140. The van der Waals surface area contributed by atoms with Crippen molar-refractivity contribution in [1.29, 1.82) is 0 Å². The van der Waals surface area contributed by atoms with Crippen molar-refractivity contribution in [1.82, 2.24) is 5.32 Å². The predicted molar refractivity (Wildman–Crippen MR) is 109 cm³/mol. The summed E-state index contributed by atoms with van der Waals surface area (Å²) in [5.41, 5.74) is -0.429. The zero-order chi connectivity index (χ0) is 20.4. The molecule has 6 heteroatoms. The minimum absolute atomic E-state index is 0.0593. The van der Waals surface area contributed by atoms with Gasteiger partial charge in [0.25, 0.3) is 0 Å². The normalized spacial score (nSPS) is 15.9. The van der Waals surface area contributed by atoms with Crippen LogP contribution in [0.25, 0.3) is 21.7 Å². The monoisotopic (exact) mass is 393 g/mol. The molecule has 1 aliphatic carbocycles. The van der Waals surface area contributed by atoms with Crippen molar-refractivity contribution in [3.8, 4) is 0 Å². The van der Waals surface area contributed by atoms with E-state index < -0.39 is 17.1 Å². The van der Waals surface area contributed by atoms with Gasteiger partial charge < -0.3 is 14.5 Å². The van der Waals surface area contributed by atoms with Gasteiger partial charge in [0.2, 0.25) is 5.91 Å². The van der Waals surface area contributed by atoms with Gasteiger partial charge in [-0.25, -0.2) is 9.59 Å². The lowest BCUT2D eigenvalue weighted by Gasteiger charge is -2.35. The Morgan fingerprint density at radius 1 is 1.10 bits per heavy atom. The maximum Gasteiger partial charge on any atom is 0.336 e. The van der Waals surface area contributed by atoms with Crippen molar-refractivity contribution in [3.63, 3.8) is 0 Å². The summed E-state index contributed by atoms with van der Waals surface area (Å²) in [6, 6.07) is 12.8. The molecule has 1 N–H and O–H groups in total. The Kier molecular flexibility index (Phi) is 5.09. The van der Waals surface area contributed by atoms with E-state index in [1.807, 2.05) is 30.3 Å². The van der Waals surface area contributed by atoms with Gasteiger partial charge in [0.15, 0.2) is 0 Å². The van der Waals surface area contributed by atoms with Gasteiger partial charge >= 0.3 is 11.6 Å². The number of carbonyl (C=O) groups is 2. The lowest BCUT2D eigenvalue weighted by atomic mass is 9.81. The lowest BCUT2D eigenvalue weighted by molar-refractivity contribution is -0.156. The van der Waals surface area contributed by atoms with E-state index in [-0.39, 0.29) is 12.5 Å². The number of hydrogen-bond donors (Lipinski definition) is 1. The Hall–Kier alpha value is -3.15. The largest absolute Gasteiger partial charge is 0.459 e. The molecule has 0 spiro atoms. The van der Waals surface area contributed by atoms with E-state index in [1.54, 1.807) is 6.07 Å². The second-order valence-corrected chi connectivity index (χ2v) is 7.65. The smallest absolute Gasteiger partial charge is 0.336 e. The SMILES string of the molecule is CC(=O)NC1(C(=O)OCc2cc(=O)oc3ccc4ccccc4c23)CCCCC1. The van der Waals surface area contributed by atoms with Crippen LogP contribution < -0.4 is 10.9 Å². The van der Waals surface area contributed by atoms with Crippen molar-refractivity contribution in [2.45, 2.75) is 51.2 Å². The van der Waals surface area contributed by atoms with Crippen molar-refractivity contribution in [2.75, 3.05) is 0 Å². The van der Waals surface area contributed by atoms with Crippen LogP contribution in [0.15, 0.2) is 51.7 Å². The van der Waals surface area contributed by atoms with E-state index in [0.29, 0.717) is 24.0 Å². The summed E-state index contributed by atoms with van der Waals surface area (Å²) in [5, 5.41) is 5.50. The Labute approximate surface area is 167 Å². The molecule has 0 saturated heterocycles. The maximum absolute atomic E-state index is 13.0. The highest BCUT2D eigenvalue weighted by Crippen LogP contribution is 2.31. The summed E-state index contributed by atoms with van der Waals surface area (Å²) >= 11 is 0. The number of amides is 1. The van der Waals surface area contributed by atoms with Gasteiger partial charge in [-0.1, -0.05) is 49.6 Å². The number of hydrogen-bond acceptors (Lipinski definition) is 5. The van der Waals surface area contributed by atoms with Crippen LogP contribution >= 0.6 is 0 Å². The molecule has 1 aliphatic rings.